The SMILES string of the molecule is O=C(Nc1nc2c(F)cc(F)cc2s1)[C@@H]1CC(=O)N(Cc2ccco2)C1. The lowest BCUT2D eigenvalue weighted by Crippen LogP contribution is -2.27. The summed E-state index contributed by atoms with van der Waals surface area (Å²) in [7, 11) is 0. The van der Waals surface area contributed by atoms with Gasteiger partial charge in [-0.2, -0.15) is 0 Å². The van der Waals surface area contributed by atoms with Crippen LogP contribution in [-0.4, -0.2) is 28.2 Å². The van der Waals surface area contributed by atoms with Gasteiger partial charge in [-0.3, -0.25) is 9.59 Å². The van der Waals surface area contributed by atoms with Crippen LogP contribution >= 0.6 is 11.3 Å². The number of aromatic nitrogens is 1. The third-order valence-electron chi connectivity index (χ3n) is 4.16. The average Bonchev–Trinajstić information content (AvgIpc) is 3.29. The van der Waals surface area contributed by atoms with E-state index in [0.29, 0.717) is 17.0 Å². The van der Waals surface area contributed by atoms with Crippen molar-refractivity contribution in [3.63, 3.8) is 0 Å². The van der Waals surface area contributed by atoms with Crippen molar-refractivity contribution in [1.82, 2.24) is 9.88 Å². The van der Waals surface area contributed by atoms with Crippen molar-refractivity contribution in [3.05, 3.63) is 47.9 Å². The molecule has 0 saturated carbocycles. The lowest BCUT2D eigenvalue weighted by atomic mass is 10.1. The first kappa shape index (κ1) is 16.6. The first-order chi connectivity index (χ1) is 12.5. The highest BCUT2D eigenvalue weighted by atomic mass is 32.1. The molecule has 0 aliphatic carbocycles. The fourth-order valence-corrected chi connectivity index (χ4v) is 3.82. The number of hydrogen-bond acceptors (Lipinski definition) is 5. The van der Waals surface area contributed by atoms with Gasteiger partial charge < -0.3 is 14.6 Å². The molecule has 6 nitrogen and oxygen atoms in total. The minimum absolute atomic E-state index is 0.00800. The average molecular weight is 377 g/mol. The van der Waals surface area contributed by atoms with Gasteiger partial charge in [0.2, 0.25) is 11.8 Å². The molecule has 2 amide bonds. The largest absolute Gasteiger partial charge is 0.467 e. The Morgan fingerprint density at radius 3 is 3.04 bits per heavy atom. The Bertz CT molecular complexity index is 987. The Balaban J connectivity index is 1.45. The number of fused-ring (bicyclic) bond motifs is 1. The summed E-state index contributed by atoms with van der Waals surface area (Å²) in [4.78, 5) is 30.1. The van der Waals surface area contributed by atoms with E-state index in [4.69, 9.17) is 4.42 Å². The number of anilines is 1. The van der Waals surface area contributed by atoms with Gasteiger partial charge in [-0.15, -0.1) is 0 Å². The smallest absolute Gasteiger partial charge is 0.231 e. The van der Waals surface area contributed by atoms with Crippen LogP contribution < -0.4 is 5.32 Å². The van der Waals surface area contributed by atoms with Gasteiger partial charge in [0, 0.05) is 19.0 Å². The highest BCUT2D eigenvalue weighted by molar-refractivity contribution is 7.22. The summed E-state index contributed by atoms with van der Waals surface area (Å²) in [5.41, 5.74) is 0.00800. The molecule has 1 aliphatic heterocycles. The molecule has 1 atom stereocenters. The van der Waals surface area contributed by atoms with Crippen molar-refractivity contribution in [1.29, 1.82) is 0 Å². The number of carbonyl (C=O) groups is 2. The van der Waals surface area contributed by atoms with Crippen molar-refractivity contribution < 1.29 is 22.8 Å². The molecular formula is C17H13F2N3O3S. The molecule has 0 radical (unpaired) electrons. The fraction of sp³-hybridized carbons (Fsp3) is 0.235. The fourth-order valence-electron chi connectivity index (χ4n) is 2.91. The molecule has 0 bridgehead atoms. The predicted octanol–water partition coefficient (Wildman–Crippen LogP) is 3.15. The van der Waals surface area contributed by atoms with Crippen molar-refractivity contribution in [2.24, 2.45) is 5.92 Å². The summed E-state index contributed by atoms with van der Waals surface area (Å²) in [6, 6.07) is 5.40. The van der Waals surface area contributed by atoms with E-state index >= 15 is 0 Å². The maximum absolute atomic E-state index is 13.7. The second-order valence-corrected chi connectivity index (χ2v) is 7.03. The van der Waals surface area contributed by atoms with Gasteiger partial charge in [0.1, 0.15) is 17.1 Å². The van der Waals surface area contributed by atoms with E-state index in [9.17, 15) is 18.4 Å². The summed E-state index contributed by atoms with van der Waals surface area (Å²) in [5.74, 6) is -1.89. The molecule has 2 aromatic heterocycles. The van der Waals surface area contributed by atoms with Gasteiger partial charge in [-0.1, -0.05) is 11.3 Å². The Labute approximate surface area is 150 Å². The van der Waals surface area contributed by atoms with E-state index < -0.39 is 17.6 Å². The zero-order chi connectivity index (χ0) is 18.3. The van der Waals surface area contributed by atoms with Gasteiger partial charge in [0.05, 0.1) is 23.4 Å². The minimum atomic E-state index is -0.780. The number of nitrogens with one attached hydrogen (secondary N) is 1. The molecule has 9 heteroatoms. The normalized spacial score (nSPS) is 17.2. The summed E-state index contributed by atoms with van der Waals surface area (Å²) < 4.78 is 32.5. The number of thiazole rings is 1. The molecule has 0 spiro atoms. The Morgan fingerprint density at radius 1 is 1.42 bits per heavy atom. The topological polar surface area (TPSA) is 75.4 Å². The van der Waals surface area contributed by atoms with Crippen molar-refractivity contribution in [2.75, 3.05) is 11.9 Å². The Hall–Kier alpha value is -2.81. The van der Waals surface area contributed by atoms with Crippen LogP contribution in [0, 0.1) is 17.6 Å². The van der Waals surface area contributed by atoms with E-state index in [1.807, 2.05) is 0 Å². The van der Waals surface area contributed by atoms with Gasteiger partial charge in [-0.05, 0) is 18.2 Å². The number of likely N-dealkylation sites (tertiary alicyclic amines) is 1. The quantitative estimate of drug-likeness (QED) is 0.758. The molecule has 1 N–H and O–H groups in total. The maximum Gasteiger partial charge on any atom is 0.231 e. The molecule has 1 aromatic carbocycles. The molecule has 4 rings (SSSR count). The number of rotatable bonds is 4. The molecule has 1 saturated heterocycles. The number of amides is 2. The number of hydrogen-bond donors (Lipinski definition) is 1. The van der Waals surface area contributed by atoms with Gasteiger partial charge in [0.15, 0.2) is 10.9 Å². The van der Waals surface area contributed by atoms with E-state index in [-0.39, 0.29) is 35.4 Å². The van der Waals surface area contributed by atoms with Crippen LogP contribution in [0.2, 0.25) is 0 Å². The lowest BCUT2D eigenvalue weighted by molar-refractivity contribution is -0.128. The van der Waals surface area contributed by atoms with E-state index in [1.54, 1.807) is 17.0 Å². The molecular weight excluding hydrogens is 364 g/mol. The second-order valence-electron chi connectivity index (χ2n) is 6.00. The van der Waals surface area contributed by atoms with Crippen LogP contribution in [0.25, 0.3) is 10.2 Å². The molecule has 134 valence electrons. The third-order valence-corrected chi connectivity index (χ3v) is 5.07. The first-order valence-corrected chi connectivity index (χ1v) is 8.68. The maximum atomic E-state index is 13.7. The number of benzene rings is 1. The van der Waals surface area contributed by atoms with E-state index in [1.165, 1.54) is 6.26 Å². The zero-order valence-corrected chi connectivity index (χ0v) is 14.2. The number of furan rings is 1. The molecule has 26 heavy (non-hydrogen) atoms. The number of carbonyl (C=O) groups excluding carboxylic acids is 2. The molecule has 1 fully saturated rings. The van der Waals surface area contributed by atoms with Crippen LogP contribution in [0.4, 0.5) is 13.9 Å². The third kappa shape index (κ3) is 3.17. The Morgan fingerprint density at radius 2 is 2.27 bits per heavy atom. The summed E-state index contributed by atoms with van der Waals surface area (Å²) in [5, 5.41) is 2.77. The minimum Gasteiger partial charge on any atom is -0.467 e. The zero-order valence-electron chi connectivity index (χ0n) is 13.4. The van der Waals surface area contributed by atoms with Crippen LogP contribution in [0.5, 0.6) is 0 Å². The van der Waals surface area contributed by atoms with E-state index in [2.05, 4.69) is 10.3 Å². The summed E-state index contributed by atoms with van der Waals surface area (Å²) >= 11 is 0.982. The molecule has 0 unspecified atom stereocenters. The summed E-state index contributed by atoms with van der Waals surface area (Å²) in [6.45, 7) is 0.570. The molecule has 3 heterocycles. The molecule has 1 aliphatic rings. The first-order valence-electron chi connectivity index (χ1n) is 7.86. The number of halogens is 2. The van der Waals surface area contributed by atoms with E-state index in [0.717, 1.165) is 23.5 Å². The van der Waals surface area contributed by atoms with Crippen molar-refractivity contribution in [3.8, 4) is 0 Å². The highest BCUT2D eigenvalue weighted by Gasteiger charge is 2.35. The monoisotopic (exact) mass is 377 g/mol. The van der Waals surface area contributed by atoms with Crippen LogP contribution in [0.1, 0.15) is 12.2 Å². The van der Waals surface area contributed by atoms with Crippen LogP contribution in [0.3, 0.4) is 0 Å². The van der Waals surface area contributed by atoms with Crippen molar-refractivity contribution in [2.45, 2.75) is 13.0 Å². The standard InChI is InChI=1S/C17H13F2N3O3S/c18-10-5-12(19)15-13(6-10)26-17(20-15)21-16(24)9-4-14(23)22(7-9)8-11-2-1-3-25-11/h1-3,5-6,9H,4,7-8H2,(H,20,21,24)/t9-/m1/s1. The Kier molecular flexibility index (Phi) is 4.15. The number of nitrogens with zero attached hydrogens (tertiary/aromatic N) is 2. The van der Waals surface area contributed by atoms with Gasteiger partial charge >= 0.3 is 0 Å². The van der Waals surface area contributed by atoms with Crippen molar-refractivity contribution >= 4 is 38.5 Å². The molecule has 3 aromatic rings. The lowest BCUT2D eigenvalue weighted by Gasteiger charge is -2.14. The van der Waals surface area contributed by atoms with Crippen LogP contribution in [-0.2, 0) is 16.1 Å². The van der Waals surface area contributed by atoms with Gasteiger partial charge in [-0.25, -0.2) is 13.8 Å². The highest BCUT2D eigenvalue weighted by Crippen LogP contribution is 2.30. The summed E-state index contributed by atoms with van der Waals surface area (Å²) in [6.07, 6.45) is 1.61. The predicted molar refractivity (Wildman–Crippen MR) is 90.4 cm³/mol. The second kappa shape index (κ2) is 6.49. The van der Waals surface area contributed by atoms with Gasteiger partial charge in [0.25, 0.3) is 0 Å². The van der Waals surface area contributed by atoms with Crippen LogP contribution in [0.15, 0.2) is 34.9 Å².